The number of aromatic nitrogens is 3. The highest BCUT2D eigenvalue weighted by atomic mass is 15.0. The molecule has 3 nitrogen and oxygen atoms in total. The molecule has 2 heterocycles. The maximum atomic E-state index is 4.12. The first-order valence-electron chi connectivity index (χ1n) is 3.14. The Morgan fingerprint density at radius 1 is 1.50 bits per heavy atom. The number of aryl methyl sites for hydroxylation is 1. The molecule has 0 aromatic carbocycles. The van der Waals surface area contributed by atoms with Gasteiger partial charge in [0.1, 0.15) is 7.05 Å². The third-order valence-electron chi connectivity index (χ3n) is 1.48. The summed E-state index contributed by atoms with van der Waals surface area (Å²) in [6.07, 6.45) is 9.64. The molecule has 2 rings (SSSR count). The number of rotatable bonds is 0. The molecule has 0 unspecified atom stereocenters. The molecule has 2 aromatic heterocycles. The Balaban J connectivity index is 2.86. The van der Waals surface area contributed by atoms with Crippen molar-refractivity contribution in [2.45, 2.75) is 0 Å². The van der Waals surface area contributed by atoms with E-state index in [-0.39, 0.29) is 0 Å². The van der Waals surface area contributed by atoms with Crippen LogP contribution in [-0.2, 0) is 7.05 Å². The van der Waals surface area contributed by atoms with Gasteiger partial charge >= 0.3 is 0 Å². The van der Waals surface area contributed by atoms with E-state index >= 15 is 0 Å². The van der Waals surface area contributed by atoms with Crippen LogP contribution in [0.25, 0.3) is 5.65 Å². The highest BCUT2D eigenvalue weighted by Crippen LogP contribution is 1.92. The fraction of sp³-hybridized carbons (Fsp3) is 0.143. The van der Waals surface area contributed by atoms with Crippen LogP contribution in [0.15, 0.2) is 31.0 Å². The van der Waals surface area contributed by atoms with E-state index in [1.54, 1.807) is 6.20 Å². The van der Waals surface area contributed by atoms with Crippen molar-refractivity contribution in [3.8, 4) is 0 Å². The van der Waals surface area contributed by atoms with Crippen molar-refractivity contribution in [3.05, 3.63) is 31.0 Å². The predicted molar refractivity (Wildman–Crippen MR) is 36.4 cm³/mol. The zero-order chi connectivity index (χ0) is 6.97. The fourth-order valence-corrected chi connectivity index (χ4v) is 0.953. The summed E-state index contributed by atoms with van der Waals surface area (Å²) in [5, 5.41) is 0. The van der Waals surface area contributed by atoms with Gasteiger partial charge in [0.25, 0.3) is 0 Å². The van der Waals surface area contributed by atoms with E-state index in [9.17, 15) is 0 Å². The van der Waals surface area contributed by atoms with E-state index in [4.69, 9.17) is 0 Å². The lowest BCUT2D eigenvalue weighted by Crippen LogP contribution is -2.26. The quantitative estimate of drug-likeness (QED) is 0.470. The molecule has 0 amide bonds. The Morgan fingerprint density at radius 2 is 2.40 bits per heavy atom. The normalized spacial score (nSPS) is 10.5. The van der Waals surface area contributed by atoms with Gasteiger partial charge in [0.05, 0.1) is 6.20 Å². The number of hydrogen-bond donors (Lipinski definition) is 0. The number of fused-ring (bicyclic) bond motifs is 1. The number of imidazole rings is 1. The molecule has 10 heavy (non-hydrogen) atoms. The van der Waals surface area contributed by atoms with E-state index < -0.39 is 0 Å². The van der Waals surface area contributed by atoms with Crippen LogP contribution in [0.5, 0.6) is 0 Å². The largest absolute Gasteiger partial charge is 0.296 e. The van der Waals surface area contributed by atoms with Crippen LogP contribution in [-0.4, -0.2) is 9.38 Å². The average Bonchev–Trinajstić information content (AvgIpc) is 2.33. The summed E-state index contributed by atoms with van der Waals surface area (Å²) >= 11 is 0. The molecule has 0 N–H and O–H groups in total. The van der Waals surface area contributed by atoms with Crippen LogP contribution >= 0.6 is 0 Å². The average molecular weight is 134 g/mol. The predicted octanol–water partition coefficient (Wildman–Crippen LogP) is 0.159. The van der Waals surface area contributed by atoms with E-state index in [0.717, 1.165) is 5.65 Å². The highest BCUT2D eigenvalue weighted by Gasteiger charge is 1.95. The molecule has 0 saturated heterocycles. The van der Waals surface area contributed by atoms with Crippen molar-refractivity contribution >= 4 is 5.65 Å². The number of hydrogen-bond acceptors (Lipinski definition) is 1. The van der Waals surface area contributed by atoms with Crippen LogP contribution in [0.1, 0.15) is 0 Å². The van der Waals surface area contributed by atoms with Gasteiger partial charge in [-0.2, -0.15) is 0 Å². The zero-order valence-electron chi connectivity index (χ0n) is 5.73. The first-order valence-corrected chi connectivity index (χ1v) is 3.14. The third kappa shape index (κ3) is 0.673. The van der Waals surface area contributed by atoms with Crippen molar-refractivity contribution in [1.82, 2.24) is 9.38 Å². The molecule has 0 bridgehead atoms. The summed E-state index contributed by atoms with van der Waals surface area (Å²) < 4.78 is 3.95. The van der Waals surface area contributed by atoms with Gasteiger partial charge in [-0.25, -0.2) is 9.55 Å². The minimum atomic E-state index is 0.977. The second kappa shape index (κ2) is 1.80. The van der Waals surface area contributed by atoms with Gasteiger partial charge in [-0.15, -0.1) is 0 Å². The molecule has 3 heteroatoms. The molecular formula is C7H8N3+. The zero-order valence-corrected chi connectivity index (χ0v) is 5.73. The lowest BCUT2D eigenvalue weighted by molar-refractivity contribution is -0.670. The van der Waals surface area contributed by atoms with Crippen LogP contribution in [0, 0.1) is 0 Å². The standard InChI is InChI=1S/C7H8N3/c1-9-4-5-10-3-2-8-7(10)6-9/h2-6H,1H3/q+1. The Labute approximate surface area is 58.6 Å². The molecule has 0 aliphatic heterocycles. The molecule has 0 aliphatic rings. The lowest BCUT2D eigenvalue weighted by Gasteiger charge is -1.87. The second-order valence-corrected chi connectivity index (χ2v) is 2.29. The molecule has 0 radical (unpaired) electrons. The maximum Gasteiger partial charge on any atom is 0.212 e. The van der Waals surface area contributed by atoms with E-state index in [1.165, 1.54) is 0 Å². The Morgan fingerprint density at radius 3 is 3.30 bits per heavy atom. The highest BCUT2D eigenvalue weighted by molar-refractivity contribution is 5.31. The molecule has 0 atom stereocenters. The lowest BCUT2D eigenvalue weighted by atomic mass is 10.7. The van der Waals surface area contributed by atoms with Crippen molar-refractivity contribution in [1.29, 1.82) is 0 Å². The van der Waals surface area contributed by atoms with Crippen molar-refractivity contribution in [2.75, 3.05) is 0 Å². The molecule has 0 spiro atoms. The van der Waals surface area contributed by atoms with Crippen LogP contribution in [0.3, 0.4) is 0 Å². The summed E-state index contributed by atoms with van der Waals surface area (Å²) in [5.41, 5.74) is 0.977. The molecule has 0 saturated carbocycles. The van der Waals surface area contributed by atoms with Gasteiger partial charge in [-0.05, 0) is 0 Å². The van der Waals surface area contributed by atoms with Gasteiger partial charge in [0.2, 0.25) is 11.8 Å². The minimum absolute atomic E-state index is 0.977. The summed E-state index contributed by atoms with van der Waals surface area (Å²) in [4.78, 5) is 4.12. The van der Waals surface area contributed by atoms with Crippen molar-refractivity contribution in [3.63, 3.8) is 0 Å². The SMILES string of the molecule is C[n+]1ccn2ccnc2c1. The van der Waals surface area contributed by atoms with Crippen molar-refractivity contribution in [2.24, 2.45) is 7.05 Å². The van der Waals surface area contributed by atoms with Gasteiger partial charge in [-0.3, -0.25) is 4.40 Å². The van der Waals surface area contributed by atoms with Gasteiger partial charge < -0.3 is 0 Å². The second-order valence-electron chi connectivity index (χ2n) is 2.29. The fourth-order valence-electron chi connectivity index (χ4n) is 0.953. The molecule has 2 aromatic rings. The van der Waals surface area contributed by atoms with Crippen molar-refractivity contribution < 1.29 is 4.57 Å². The van der Waals surface area contributed by atoms with Gasteiger partial charge in [0, 0.05) is 12.4 Å². The van der Waals surface area contributed by atoms with E-state index in [0.29, 0.717) is 0 Å². The van der Waals surface area contributed by atoms with E-state index in [2.05, 4.69) is 4.98 Å². The Bertz CT molecular complexity index is 350. The summed E-state index contributed by atoms with van der Waals surface area (Å²) in [6, 6.07) is 0. The van der Waals surface area contributed by atoms with Crippen LogP contribution in [0.4, 0.5) is 0 Å². The molecule has 0 fully saturated rings. The molecule has 50 valence electrons. The first-order chi connectivity index (χ1) is 4.86. The molecular weight excluding hydrogens is 126 g/mol. The monoisotopic (exact) mass is 134 g/mol. The summed E-state index contributed by atoms with van der Waals surface area (Å²) in [6.45, 7) is 0. The Kier molecular flexibility index (Phi) is 0.974. The summed E-state index contributed by atoms with van der Waals surface area (Å²) in [5.74, 6) is 0. The minimum Gasteiger partial charge on any atom is -0.296 e. The third-order valence-corrected chi connectivity index (χ3v) is 1.48. The first kappa shape index (κ1) is 5.41. The van der Waals surface area contributed by atoms with Crippen LogP contribution in [0.2, 0.25) is 0 Å². The number of nitrogens with zero attached hydrogens (tertiary/aromatic N) is 3. The molecule has 0 aliphatic carbocycles. The Hall–Kier alpha value is -1.38. The van der Waals surface area contributed by atoms with Gasteiger partial charge in [-0.1, -0.05) is 0 Å². The van der Waals surface area contributed by atoms with Crippen LogP contribution < -0.4 is 4.57 Å². The van der Waals surface area contributed by atoms with Gasteiger partial charge in [0.15, 0.2) is 6.20 Å². The van der Waals surface area contributed by atoms with E-state index in [1.807, 2.05) is 40.8 Å². The maximum absolute atomic E-state index is 4.12. The summed E-state index contributed by atoms with van der Waals surface area (Å²) in [7, 11) is 1.98. The smallest absolute Gasteiger partial charge is 0.212 e. The topological polar surface area (TPSA) is 21.2 Å².